The largest absolute Gasteiger partial charge is 0.369 e. The molecule has 2 fully saturated rings. The zero-order chi connectivity index (χ0) is 23.3. The summed E-state index contributed by atoms with van der Waals surface area (Å²) in [7, 11) is 0. The Kier molecular flexibility index (Phi) is 7.21. The van der Waals surface area contributed by atoms with Crippen molar-refractivity contribution in [2.24, 2.45) is 0 Å². The molecular formula is C27H29ClN4O2. The van der Waals surface area contributed by atoms with Crippen LogP contribution in [0.3, 0.4) is 0 Å². The topological polar surface area (TPSA) is 48.9 Å². The number of benzene rings is 2. The Morgan fingerprint density at radius 1 is 0.941 bits per heavy atom. The summed E-state index contributed by atoms with van der Waals surface area (Å²) >= 11 is 6.00. The van der Waals surface area contributed by atoms with E-state index >= 15 is 0 Å². The monoisotopic (exact) mass is 476 g/mol. The molecule has 7 heteroatoms. The summed E-state index contributed by atoms with van der Waals surface area (Å²) in [5, 5.41) is 0.695. The van der Waals surface area contributed by atoms with Gasteiger partial charge in [-0.3, -0.25) is 19.6 Å². The average Bonchev–Trinajstić information content (AvgIpc) is 3.29. The summed E-state index contributed by atoms with van der Waals surface area (Å²) in [4.78, 5) is 23.1. The van der Waals surface area contributed by atoms with Gasteiger partial charge in [-0.15, -0.1) is 0 Å². The second-order valence-electron chi connectivity index (χ2n) is 8.88. The van der Waals surface area contributed by atoms with Crippen LogP contribution in [0.5, 0.6) is 0 Å². The van der Waals surface area contributed by atoms with Gasteiger partial charge < -0.3 is 9.64 Å². The van der Waals surface area contributed by atoms with Gasteiger partial charge in [0.15, 0.2) is 12.5 Å². The number of carbonyl (C=O) groups is 1. The van der Waals surface area contributed by atoms with Gasteiger partial charge in [-0.2, -0.15) is 0 Å². The van der Waals surface area contributed by atoms with Crippen LogP contribution in [-0.4, -0.2) is 60.0 Å². The number of carbonyl (C=O) groups excluding carboxylic acids is 1. The first-order valence-electron chi connectivity index (χ1n) is 11.7. The lowest BCUT2D eigenvalue weighted by atomic mass is 10.1. The second-order valence-corrected chi connectivity index (χ2v) is 9.32. The van der Waals surface area contributed by atoms with E-state index in [2.05, 4.69) is 50.0 Å². The highest BCUT2D eigenvalue weighted by atomic mass is 35.5. The first kappa shape index (κ1) is 23.0. The lowest BCUT2D eigenvalue weighted by Crippen LogP contribution is -2.46. The molecule has 2 aromatic carbocycles. The zero-order valence-electron chi connectivity index (χ0n) is 19.1. The molecule has 0 saturated carbocycles. The maximum absolute atomic E-state index is 11.6. The molecular weight excluding hydrogens is 448 g/mol. The third kappa shape index (κ3) is 5.47. The van der Waals surface area contributed by atoms with Gasteiger partial charge in [-0.1, -0.05) is 41.9 Å². The first-order chi connectivity index (χ1) is 16.7. The van der Waals surface area contributed by atoms with Crippen LogP contribution in [0.1, 0.15) is 22.9 Å². The summed E-state index contributed by atoms with van der Waals surface area (Å²) in [5.41, 5.74) is 4.57. The first-order valence-corrected chi connectivity index (χ1v) is 12.1. The standard InChI is InChI=1S/C27H29ClN4O2/c28-23-8-6-22(7-9-23)26-19-32(27(20-33)34-26)17-21-4-10-25(11-5-21)31-15-13-30(14-16-31)18-24-3-1-2-12-29-24/h1-12,20,26-27H,13-19H2/t26-,27?/m0/s1. The molecule has 2 atom stereocenters. The van der Waals surface area contributed by atoms with E-state index in [1.54, 1.807) is 0 Å². The van der Waals surface area contributed by atoms with Crippen molar-refractivity contribution in [2.45, 2.75) is 25.4 Å². The van der Waals surface area contributed by atoms with E-state index in [4.69, 9.17) is 16.3 Å². The highest BCUT2D eigenvalue weighted by Crippen LogP contribution is 2.30. The zero-order valence-corrected chi connectivity index (χ0v) is 19.8. The Morgan fingerprint density at radius 3 is 2.38 bits per heavy atom. The van der Waals surface area contributed by atoms with E-state index in [-0.39, 0.29) is 6.10 Å². The molecule has 0 amide bonds. The van der Waals surface area contributed by atoms with Gasteiger partial charge in [-0.25, -0.2) is 0 Å². The van der Waals surface area contributed by atoms with E-state index < -0.39 is 6.23 Å². The molecule has 0 spiro atoms. The fourth-order valence-corrected chi connectivity index (χ4v) is 4.81. The molecule has 1 aromatic heterocycles. The van der Waals surface area contributed by atoms with Crippen molar-refractivity contribution in [1.82, 2.24) is 14.8 Å². The number of halogens is 1. The molecule has 5 rings (SSSR count). The quantitative estimate of drug-likeness (QED) is 0.477. The van der Waals surface area contributed by atoms with E-state index in [9.17, 15) is 4.79 Å². The van der Waals surface area contributed by atoms with E-state index in [1.807, 2.05) is 42.6 Å². The summed E-state index contributed by atoms with van der Waals surface area (Å²) < 4.78 is 5.99. The second kappa shape index (κ2) is 10.7. The Bertz CT molecular complexity index is 1070. The number of aldehydes is 1. The minimum atomic E-state index is -0.535. The molecule has 2 aliphatic rings. The fraction of sp³-hybridized carbons (Fsp3) is 0.333. The van der Waals surface area contributed by atoms with Crippen molar-refractivity contribution >= 4 is 23.6 Å². The molecule has 2 saturated heterocycles. The highest BCUT2D eigenvalue weighted by molar-refractivity contribution is 6.30. The summed E-state index contributed by atoms with van der Waals surface area (Å²) in [6.07, 6.45) is 2.08. The Balaban J connectivity index is 1.15. The number of hydrogen-bond acceptors (Lipinski definition) is 6. The van der Waals surface area contributed by atoms with Gasteiger partial charge in [-0.05, 0) is 47.5 Å². The molecule has 34 heavy (non-hydrogen) atoms. The highest BCUT2D eigenvalue weighted by Gasteiger charge is 2.33. The van der Waals surface area contributed by atoms with Crippen LogP contribution < -0.4 is 4.90 Å². The summed E-state index contributed by atoms with van der Waals surface area (Å²) in [6.45, 7) is 6.30. The Hall–Kier alpha value is -2.77. The van der Waals surface area contributed by atoms with E-state index in [1.165, 1.54) is 11.3 Å². The fourth-order valence-electron chi connectivity index (χ4n) is 4.68. The van der Waals surface area contributed by atoms with Crippen molar-refractivity contribution in [3.63, 3.8) is 0 Å². The van der Waals surface area contributed by atoms with Gasteiger partial charge in [0.2, 0.25) is 0 Å². The molecule has 1 unspecified atom stereocenters. The van der Waals surface area contributed by atoms with Gasteiger partial charge in [0.05, 0.1) is 11.8 Å². The number of pyridine rings is 1. The van der Waals surface area contributed by atoms with Gasteiger partial charge in [0, 0.05) is 62.7 Å². The maximum Gasteiger partial charge on any atom is 0.168 e. The minimum absolute atomic E-state index is 0.130. The van der Waals surface area contributed by atoms with Crippen molar-refractivity contribution in [3.8, 4) is 0 Å². The van der Waals surface area contributed by atoms with Crippen LogP contribution in [0.25, 0.3) is 0 Å². The predicted octanol–water partition coefficient (Wildman–Crippen LogP) is 4.16. The molecule has 0 N–H and O–H groups in total. The van der Waals surface area contributed by atoms with Crippen LogP contribution in [0, 0.1) is 0 Å². The van der Waals surface area contributed by atoms with Gasteiger partial charge >= 0.3 is 0 Å². The molecule has 2 aliphatic heterocycles. The van der Waals surface area contributed by atoms with Crippen LogP contribution >= 0.6 is 11.6 Å². The summed E-state index contributed by atoms with van der Waals surface area (Å²) in [5.74, 6) is 0. The van der Waals surface area contributed by atoms with Crippen LogP contribution in [0.4, 0.5) is 5.69 Å². The number of ether oxygens (including phenoxy) is 1. The maximum atomic E-state index is 11.6. The van der Waals surface area contributed by atoms with Gasteiger partial charge in [0.25, 0.3) is 0 Å². The molecule has 0 radical (unpaired) electrons. The lowest BCUT2D eigenvalue weighted by molar-refractivity contribution is -0.123. The number of piperazine rings is 1. The number of aromatic nitrogens is 1. The van der Waals surface area contributed by atoms with E-state index in [0.717, 1.165) is 50.3 Å². The summed E-state index contributed by atoms with van der Waals surface area (Å²) in [6, 6.07) is 22.4. The number of rotatable bonds is 7. The third-order valence-electron chi connectivity index (χ3n) is 6.59. The molecule has 6 nitrogen and oxygen atoms in total. The number of anilines is 1. The molecule has 176 valence electrons. The SMILES string of the molecule is O=CC1O[C@H](c2ccc(Cl)cc2)CN1Cc1ccc(N2CCN(Cc3ccccn3)CC2)cc1. The van der Waals surface area contributed by atoms with E-state index in [0.29, 0.717) is 18.1 Å². The number of hydrogen-bond donors (Lipinski definition) is 0. The molecule has 3 heterocycles. The van der Waals surface area contributed by atoms with Crippen molar-refractivity contribution in [3.05, 3.63) is 94.8 Å². The Labute approximate surface area is 205 Å². The van der Waals surface area contributed by atoms with Crippen LogP contribution in [0.15, 0.2) is 72.9 Å². The van der Waals surface area contributed by atoms with Crippen molar-refractivity contribution in [2.75, 3.05) is 37.6 Å². The average molecular weight is 477 g/mol. The predicted molar refractivity (Wildman–Crippen MR) is 134 cm³/mol. The molecule has 0 bridgehead atoms. The minimum Gasteiger partial charge on any atom is -0.369 e. The molecule has 0 aliphatic carbocycles. The number of nitrogens with zero attached hydrogens (tertiary/aromatic N) is 4. The van der Waals surface area contributed by atoms with Crippen molar-refractivity contribution < 1.29 is 9.53 Å². The molecule has 3 aromatic rings. The van der Waals surface area contributed by atoms with Crippen molar-refractivity contribution in [1.29, 1.82) is 0 Å². The van der Waals surface area contributed by atoms with Gasteiger partial charge in [0.1, 0.15) is 0 Å². The lowest BCUT2D eigenvalue weighted by Gasteiger charge is -2.36. The normalized spacial score (nSPS) is 21.6. The van der Waals surface area contributed by atoms with Crippen LogP contribution in [-0.2, 0) is 22.6 Å². The smallest absolute Gasteiger partial charge is 0.168 e. The van der Waals surface area contributed by atoms with Crippen LogP contribution in [0.2, 0.25) is 5.02 Å². The Morgan fingerprint density at radius 2 is 1.71 bits per heavy atom. The third-order valence-corrected chi connectivity index (χ3v) is 6.85.